The van der Waals surface area contributed by atoms with Crippen molar-refractivity contribution < 1.29 is 4.79 Å². The second-order valence-electron chi connectivity index (χ2n) is 8.83. The van der Waals surface area contributed by atoms with Gasteiger partial charge < -0.3 is 5.32 Å². The van der Waals surface area contributed by atoms with Gasteiger partial charge >= 0.3 is 0 Å². The predicted octanol–water partition coefficient (Wildman–Crippen LogP) is 5.32. The van der Waals surface area contributed by atoms with Gasteiger partial charge in [0.25, 0.3) is 0 Å². The van der Waals surface area contributed by atoms with Gasteiger partial charge in [-0.25, -0.2) is 0 Å². The summed E-state index contributed by atoms with van der Waals surface area (Å²) in [4.78, 5) is 12.2. The first-order valence-electron chi connectivity index (χ1n) is 9.76. The quantitative estimate of drug-likeness (QED) is 0.698. The Kier molecular flexibility index (Phi) is 6.77. The van der Waals surface area contributed by atoms with Crippen molar-refractivity contribution in [3.8, 4) is 0 Å². The third-order valence-electron chi connectivity index (χ3n) is 6.01. The highest BCUT2D eigenvalue weighted by molar-refractivity contribution is 5.80. The van der Waals surface area contributed by atoms with Crippen LogP contribution in [0.3, 0.4) is 0 Å². The number of amides is 1. The van der Waals surface area contributed by atoms with Gasteiger partial charge in [0.05, 0.1) is 0 Å². The van der Waals surface area contributed by atoms with Gasteiger partial charge in [-0.1, -0.05) is 85.0 Å². The first-order valence-corrected chi connectivity index (χ1v) is 9.76. The van der Waals surface area contributed by atoms with E-state index in [0.29, 0.717) is 11.8 Å². The highest BCUT2D eigenvalue weighted by Crippen LogP contribution is 2.39. The minimum absolute atomic E-state index is 0.0935. The van der Waals surface area contributed by atoms with Crippen LogP contribution < -0.4 is 5.32 Å². The Morgan fingerprint density at radius 3 is 1.82 bits per heavy atom. The van der Waals surface area contributed by atoms with Crippen molar-refractivity contribution in [2.45, 2.75) is 91.4 Å². The molecule has 0 bridgehead atoms. The maximum Gasteiger partial charge on any atom is 0.223 e. The largest absolute Gasteiger partial charge is 0.356 e. The molecular weight excluding hydrogens is 270 g/mol. The van der Waals surface area contributed by atoms with Gasteiger partial charge in [0.2, 0.25) is 5.91 Å². The van der Waals surface area contributed by atoms with E-state index in [1.807, 2.05) is 0 Å². The number of rotatable bonds is 1. The topological polar surface area (TPSA) is 29.1 Å². The third kappa shape index (κ3) is 5.28. The molecule has 0 radical (unpaired) electrons. The van der Waals surface area contributed by atoms with Crippen LogP contribution in [-0.4, -0.2) is 12.5 Å². The molecule has 2 rings (SSSR count). The maximum atomic E-state index is 12.2. The molecule has 128 valence electrons. The second-order valence-corrected chi connectivity index (χ2v) is 8.83. The highest BCUT2D eigenvalue weighted by atomic mass is 16.2. The van der Waals surface area contributed by atoms with Crippen LogP contribution in [-0.2, 0) is 4.79 Å². The molecule has 2 heteroatoms. The molecule has 1 aliphatic heterocycles. The summed E-state index contributed by atoms with van der Waals surface area (Å²) in [5.41, 5.74) is 0.0935. The number of nitrogens with one attached hydrogen (secondary N) is 1. The Hall–Kier alpha value is -0.530. The Morgan fingerprint density at radius 2 is 1.32 bits per heavy atom. The molecule has 0 spiro atoms. The SMILES string of the molecule is CC(C)(C)C1CC(C2CCCCCCCCCC2)CNC1=O. The normalized spacial score (nSPS) is 30.4. The van der Waals surface area contributed by atoms with Crippen LogP contribution in [0.4, 0.5) is 0 Å². The van der Waals surface area contributed by atoms with Gasteiger partial charge in [0, 0.05) is 12.5 Å². The van der Waals surface area contributed by atoms with Gasteiger partial charge in [-0.2, -0.15) is 0 Å². The highest BCUT2D eigenvalue weighted by Gasteiger charge is 2.38. The molecular formula is C20H37NO. The van der Waals surface area contributed by atoms with Crippen LogP contribution in [0.25, 0.3) is 0 Å². The minimum Gasteiger partial charge on any atom is -0.356 e. The Balaban J connectivity index is 1.95. The van der Waals surface area contributed by atoms with Gasteiger partial charge in [-0.3, -0.25) is 4.79 Å². The van der Waals surface area contributed by atoms with E-state index in [0.717, 1.165) is 18.9 Å². The molecule has 1 saturated carbocycles. The lowest BCUT2D eigenvalue weighted by atomic mass is 9.69. The molecule has 1 saturated heterocycles. The lowest BCUT2D eigenvalue weighted by Gasteiger charge is -2.40. The van der Waals surface area contributed by atoms with Crippen LogP contribution in [0.1, 0.15) is 91.4 Å². The summed E-state index contributed by atoms with van der Waals surface area (Å²) >= 11 is 0. The van der Waals surface area contributed by atoms with Crippen molar-refractivity contribution in [2.75, 3.05) is 6.54 Å². The summed E-state index contributed by atoms with van der Waals surface area (Å²) in [5.74, 6) is 2.04. The number of carbonyl (C=O) groups is 1. The Bertz CT molecular complexity index is 332. The van der Waals surface area contributed by atoms with E-state index in [4.69, 9.17) is 0 Å². The van der Waals surface area contributed by atoms with E-state index >= 15 is 0 Å². The van der Waals surface area contributed by atoms with Crippen LogP contribution >= 0.6 is 0 Å². The van der Waals surface area contributed by atoms with Crippen molar-refractivity contribution in [1.29, 1.82) is 0 Å². The van der Waals surface area contributed by atoms with Crippen molar-refractivity contribution in [3.05, 3.63) is 0 Å². The van der Waals surface area contributed by atoms with Gasteiger partial charge in [-0.05, 0) is 23.7 Å². The number of carbonyl (C=O) groups excluding carboxylic acids is 1. The third-order valence-corrected chi connectivity index (χ3v) is 6.01. The molecule has 1 N–H and O–H groups in total. The Morgan fingerprint density at radius 1 is 0.818 bits per heavy atom. The zero-order valence-corrected chi connectivity index (χ0v) is 15.1. The van der Waals surface area contributed by atoms with Gasteiger partial charge in [-0.15, -0.1) is 0 Å². The predicted molar refractivity (Wildman–Crippen MR) is 93.7 cm³/mol. The molecule has 2 unspecified atom stereocenters. The van der Waals surface area contributed by atoms with Gasteiger partial charge in [0.1, 0.15) is 0 Å². The van der Waals surface area contributed by atoms with Crippen molar-refractivity contribution >= 4 is 5.91 Å². The average Bonchev–Trinajstić information content (AvgIpc) is 2.52. The number of hydrogen-bond acceptors (Lipinski definition) is 1. The molecule has 2 aliphatic rings. The number of hydrogen-bond donors (Lipinski definition) is 1. The summed E-state index contributed by atoms with van der Waals surface area (Å²) in [6.45, 7) is 7.58. The monoisotopic (exact) mass is 307 g/mol. The summed E-state index contributed by atoms with van der Waals surface area (Å²) in [7, 11) is 0. The number of piperidine rings is 1. The molecule has 2 fully saturated rings. The minimum atomic E-state index is 0.0935. The molecule has 2 nitrogen and oxygen atoms in total. The van der Waals surface area contributed by atoms with Gasteiger partial charge in [0.15, 0.2) is 0 Å². The average molecular weight is 308 g/mol. The van der Waals surface area contributed by atoms with Crippen molar-refractivity contribution in [1.82, 2.24) is 5.32 Å². The molecule has 22 heavy (non-hydrogen) atoms. The zero-order chi connectivity index (χ0) is 16.0. The van der Waals surface area contributed by atoms with E-state index < -0.39 is 0 Å². The molecule has 0 aromatic rings. The van der Waals surface area contributed by atoms with Crippen LogP contribution in [0, 0.1) is 23.2 Å². The van der Waals surface area contributed by atoms with Crippen LogP contribution in [0.15, 0.2) is 0 Å². The summed E-state index contributed by atoms with van der Waals surface area (Å²) in [5, 5.41) is 3.22. The summed E-state index contributed by atoms with van der Waals surface area (Å²) in [6.07, 6.45) is 15.2. The summed E-state index contributed by atoms with van der Waals surface area (Å²) < 4.78 is 0. The molecule has 0 aromatic heterocycles. The van der Waals surface area contributed by atoms with E-state index in [9.17, 15) is 4.79 Å². The molecule has 1 heterocycles. The molecule has 1 aliphatic carbocycles. The lowest BCUT2D eigenvalue weighted by molar-refractivity contribution is -0.132. The lowest BCUT2D eigenvalue weighted by Crippen LogP contribution is -2.48. The smallest absolute Gasteiger partial charge is 0.223 e. The molecule has 0 aromatic carbocycles. The first-order chi connectivity index (χ1) is 10.5. The van der Waals surface area contributed by atoms with E-state index in [1.54, 1.807) is 0 Å². The fraction of sp³-hybridized carbons (Fsp3) is 0.950. The van der Waals surface area contributed by atoms with Crippen molar-refractivity contribution in [3.63, 3.8) is 0 Å². The fourth-order valence-electron chi connectivity index (χ4n) is 4.44. The van der Waals surface area contributed by atoms with E-state index in [1.165, 1.54) is 64.2 Å². The Labute approximate surface area is 137 Å². The summed E-state index contributed by atoms with van der Waals surface area (Å²) in [6, 6.07) is 0. The standard InChI is InChI=1S/C20H37NO/c1-20(2,3)18-14-17(15-21-19(18)22)16-12-10-8-6-4-5-7-9-11-13-16/h16-18H,4-15H2,1-3H3,(H,21,22). The molecule has 1 amide bonds. The fourth-order valence-corrected chi connectivity index (χ4v) is 4.44. The molecule has 2 atom stereocenters. The first kappa shape index (κ1) is 17.8. The maximum absolute atomic E-state index is 12.2. The second kappa shape index (κ2) is 8.36. The zero-order valence-electron chi connectivity index (χ0n) is 15.1. The van der Waals surface area contributed by atoms with Crippen LogP contribution in [0.5, 0.6) is 0 Å². The van der Waals surface area contributed by atoms with Crippen LogP contribution in [0.2, 0.25) is 0 Å². The van der Waals surface area contributed by atoms with E-state index in [-0.39, 0.29) is 11.3 Å². The van der Waals surface area contributed by atoms with Crippen molar-refractivity contribution in [2.24, 2.45) is 23.2 Å². The van der Waals surface area contributed by atoms with E-state index in [2.05, 4.69) is 26.1 Å².